The largest absolute Gasteiger partial charge is 0.354 e. The number of hydrogen-bond acceptors (Lipinski definition) is 4. The van der Waals surface area contributed by atoms with E-state index in [0.717, 1.165) is 12.8 Å². The molecule has 0 bridgehead atoms. The minimum Gasteiger partial charge on any atom is -0.354 e. The summed E-state index contributed by atoms with van der Waals surface area (Å²) in [6.45, 7) is 5.06. The van der Waals surface area contributed by atoms with Crippen molar-refractivity contribution in [3.63, 3.8) is 0 Å². The van der Waals surface area contributed by atoms with E-state index in [0.29, 0.717) is 25.2 Å². The molecule has 6 heteroatoms. The number of hydrazine groups is 1. The van der Waals surface area contributed by atoms with Crippen molar-refractivity contribution in [2.45, 2.75) is 51.6 Å². The zero-order valence-corrected chi connectivity index (χ0v) is 11.2. The van der Waals surface area contributed by atoms with Gasteiger partial charge in [-0.2, -0.15) is 0 Å². The first-order chi connectivity index (χ1) is 8.54. The minimum absolute atomic E-state index is 0.0274. The third kappa shape index (κ3) is 4.62. The molecule has 0 aromatic heterocycles. The van der Waals surface area contributed by atoms with Crippen LogP contribution in [0.3, 0.4) is 0 Å². The van der Waals surface area contributed by atoms with Gasteiger partial charge < -0.3 is 5.32 Å². The summed E-state index contributed by atoms with van der Waals surface area (Å²) in [7, 11) is 0. The molecule has 0 aromatic carbocycles. The number of piperidine rings is 1. The molecule has 104 valence electrons. The Kier molecular flexibility index (Phi) is 6.07. The Balaban J connectivity index is 2.28. The van der Waals surface area contributed by atoms with Gasteiger partial charge in [0.25, 0.3) is 0 Å². The van der Waals surface area contributed by atoms with Gasteiger partial charge in [0.15, 0.2) is 0 Å². The quantitative estimate of drug-likeness (QED) is 0.209. The maximum absolute atomic E-state index is 11.8. The van der Waals surface area contributed by atoms with Crippen LogP contribution in [0.4, 0.5) is 0 Å². The molecule has 1 heterocycles. The van der Waals surface area contributed by atoms with Gasteiger partial charge in [0.05, 0.1) is 6.54 Å². The summed E-state index contributed by atoms with van der Waals surface area (Å²) in [5, 5.41) is 2.74. The normalized spacial score (nSPS) is 24.6. The van der Waals surface area contributed by atoms with Crippen molar-refractivity contribution >= 4 is 11.8 Å². The molecule has 0 aromatic rings. The van der Waals surface area contributed by atoms with Gasteiger partial charge in [0, 0.05) is 25.0 Å². The third-order valence-electron chi connectivity index (χ3n) is 3.54. The number of amides is 2. The molecule has 0 aliphatic carbocycles. The summed E-state index contributed by atoms with van der Waals surface area (Å²) < 4.78 is 0. The summed E-state index contributed by atoms with van der Waals surface area (Å²) in [6.07, 6.45) is 3.74. The Labute approximate surface area is 108 Å². The topological polar surface area (TPSA) is 87.5 Å². The molecular formula is C12H24N4O2. The van der Waals surface area contributed by atoms with Gasteiger partial charge >= 0.3 is 0 Å². The van der Waals surface area contributed by atoms with Gasteiger partial charge in [-0.25, -0.2) is 5.84 Å². The highest BCUT2D eigenvalue weighted by atomic mass is 16.2. The highest BCUT2D eigenvalue weighted by Crippen LogP contribution is 2.21. The van der Waals surface area contributed by atoms with Gasteiger partial charge in [-0.3, -0.25) is 19.9 Å². The molecule has 18 heavy (non-hydrogen) atoms. The maximum Gasteiger partial charge on any atom is 0.235 e. The zero-order valence-electron chi connectivity index (χ0n) is 11.2. The van der Waals surface area contributed by atoms with E-state index in [-0.39, 0.29) is 18.2 Å². The predicted octanol–water partition coefficient (Wildman–Crippen LogP) is -0.254. The highest BCUT2D eigenvalue weighted by molar-refractivity contribution is 5.79. The molecule has 2 amide bonds. The lowest BCUT2D eigenvalue weighted by Crippen LogP contribution is -2.49. The first-order valence-electron chi connectivity index (χ1n) is 6.56. The van der Waals surface area contributed by atoms with E-state index in [1.165, 1.54) is 6.42 Å². The van der Waals surface area contributed by atoms with E-state index in [2.05, 4.69) is 24.1 Å². The van der Waals surface area contributed by atoms with Crippen LogP contribution in [0.1, 0.15) is 39.5 Å². The second-order valence-corrected chi connectivity index (χ2v) is 4.97. The maximum atomic E-state index is 11.8. The lowest BCUT2D eigenvalue weighted by molar-refractivity contribution is -0.124. The van der Waals surface area contributed by atoms with Crippen LogP contribution in [0.25, 0.3) is 0 Å². The van der Waals surface area contributed by atoms with Crippen LogP contribution in [-0.2, 0) is 9.59 Å². The van der Waals surface area contributed by atoms with E-state index in [9.17, 15) is 9.59 Å². The van der Waals surface area contributed by atoms with Crippen molar-refractivity contribution in [1.82, 2.24) is 15.6 Å². The van der Waals surface area contributed by atoms with E-state index >= 15 is 0 Å². The Bertz CT molecular complexity index is 286. The van der Waals surface area contributed by atoms with Crippen molar-refractivity contribution in [2.24, 2.45) is 5.84 Å². The fraction of sp³-hybridized carbons (Fsp3) is 0.833. The molecular weight excluding hydrogens is 236 g/mol. The number of likely N-dealkylation sites (tertiary alicyclic amines) is 1. The zero-order chi connectivity index (χ0) is 13.5. The molecule has 0 saturated carbocycles. The van der Waals surface area contributed by atoms with Crippen LogP contribution < -0.4 is 16.6 Å². The molecule has 6 nitrogen and oxygen atoms in total. The van der Waals surface area contributed by atoms with Gasteiger partial charge in [0.1, 0.15) is 0 Å². The molecule has 0 spiro atoms. The van der Waals surface area contributed by atoms with Crippen molar-refractivity contribution < 1.29 is 9.59 Å². The number of carbonyl (C=O) groups is 2. The van der Waals surface area contributed by atoms with Crippen LogP contribution in [0.2, 0.25) is 0 Å². The molecule has 1 aliphatic rings. The SMILES string of the molecule is C[13C@@H]1CCC[13C@H]([13CH3])[15N]1CC(=O)NCCC(=O)NN. The Hall–Kier alpha value is -1.14. The molecule has 4 N–H and O–H groups in total. The fourth-order valence-electron chi connectivity index (χ4n) is 2.40. The van der Waals surface area contributed by atoms with Crippen LogP contribution in [-0.4, -0.2) is 41.9 Å². The first-order valence-corrected chi connectivity index (χ1v) is 6.56. The standard InChI is InChI=1S/C12H24N4O2/c1-9-4-3-5-10(2)16(9)8-12(18)14-7-6-11(17)15-13/h9-10H,3-8,13H2,1-2H3,(H,14,18)(H,15,17)/t9-,10+/i1+1,9+1,10+1,16+1/m0/s1. The third-order valence-corrected chi connectivity index (χ3v) is 3.54. The monoisotopic (exact) mass is 260 g/mol. The number of nitrogens with zero attached hydrogens (tertiary/aromatic N) is 1. The van der Waals surface area contributed by atoms with Crippen LogP contribution in [0, 0.1) is 0 Å². The summed E-state index contributed by atoms with van der Waals surface area (Å²) in [5.41, 5.74) is 2.03. The summed E-state index contributed by atoms with van der Waals surface area (Å²) >= 11 is 0. The van der Waals surface area contributed by atoms with Crippen LogP contribution >= 0.6 is 0 Å². The number of nitrogens with two attached hydrogens (primary N) is 1. The predicted molar refractivity (Wildman–Crippen MR) is 69.4 cm³/mol. The van der Waals surface area contributed by atoms with Crippen LogP contribution in [0.15, 0.2) is 0 Å². The smallest absolute Gasteiger partial charge is 0.235 e. The van der Waals surface area contributed by atoms with Crippen molar-refractivity contribution in [1.29, 1.82) is 0 Å². The van der Waals surface area contributed by atoms with E-state index in [1.807, 2.05) is 5.43 Å². The molecule has 1 rings (SSSR count). The van der Waals surface area contributed by atoms with Crippen molar-refractivity contribution in [3.8, 4) is 0 Å². The fourth-order valence-corrected chi connectivity index (χ4v) is 2.40. The molecule has 0 radical (unpaired) electrons. The summed E-state index contributed by atoms with van der Waals surface area (Å²) in [5.74, 6) is 4.66. The Morgan fingerprint density at radius 1 is 1.22 bits per heavy atom. The minimum atomic E-state index is -0.269. The lowest BCUT2D eigenvalue weighted by Gasteiger charge is -2.38. The average Bonchev–Trinajstić information content (AvgIpc) is 2.34. The molecule has 1 aliphatic heterocycles. The molecule has 1 saturated heterocycles. The van der Waals surface area contributed by atoms with E-state index in [1.54, 1.807) is 0 Å². The first kappa shape index (κ1) is 14.9. The highest BCUT2D eigenvalue weighted by Gasteiger charge is 2.26. The summed E-state index contributed by atoms with van der Waals surface area (Å²) in [6, 6.07) is 0.902. The second-order valence-electron chi connectivity index (χ2n) is 4.97. The van der Waals surface area contributed by atoms with Crippen molar-refractivity contribution in [2.75, 3.05) is 13.1 Å². The van der Waals surface area contributed by atoms with Crippen molar-refractivity contribution in [3.05, 3.63) is 0 Å². The molecule has 0 unspecified atom stereocenters. The van der Waals surface area contributed by atoms with Gasteiger partial charge in [-0.15, -0.1) is 0 Å². The van der Waals surface area contributed by atoms with Gasteiger partial charge in [-0.05, 0) is 26.7 Å². The number of carbonyl (C=O) groups excluding carboxylic acids is 2. The molecule has 2 atom stereocenters. The number of nitrogens with one attached hydrogen (secondary N) is 2. The number of rotatable bonds is 5. The van der Waals surface area contributed by atoms with Crippen LogP contribution in [0.5, 0.6) is 0 Å². The van der Waals surface area contributed by atoms with E-state index in [4.69, 9.17) is 5.84 Å². The van der Waals surface area contributed by atoms with E-state index < -0.39 is 0 Å². The Morgan fingerprint density at radius 2 is 1.83 bits per heavy atom. The number of hydrogen-bond donors (Lipinski definition) is 3. The lowest BCUT2D eigenvalue weighted by atomic mass is 10.3. The van der Waals surface area contributed by atoms with Gasteiger partial charge in [-0.1, -0.05) is 6.42 Å². The van der Waals surface area contributed by atoms with Gasteiger partial charge in [0.2, 0.25) is 11.8 Å². The average molecular weight is 260 g/mol. The Morgan fingerprint density at radius 3 is 2.39 bits per heavy atom. The molecule has 1 fully saturated rings. The summed E-state index contributed by atoms with van der Waals surface area (Å²) in [4.78, 5) is 24.9. The second kappa shape index (κ2) is 7.33.